The predicted molar refractivity (Wildman–Crippen MR) is 66.3 cm³/mol. The van der Waals surface area contributed by atoms with Crippen molar-refractivity contribution in [3.63, 3.8) is 0 Å². The molecule has 0 bridgehead atoms. The van der Waals surface area contributed by atoms with Crippen molar-refractivity contribution >= 4 is 9.84 Å². The molecule has 0 aromatic rings. The Morgan fingerprint density at radius 1 is 0.938 bits per heavy atom. The monoisotopic (exact) mass is 245 g/mol. The van der Waals surface area contributed by atoms with Crippen LogP contribution in [-0.4, -0.2) is 32.5 Å². The van der Waals surface area contributed by atoms with Gasteiger partial charge in [-0.05, 0) is 38.1 Å². The van der Waals surface area contributed by atoms with Gasteiger partial charge in [0.15, 0.2) is 0 Å². The van der Waals surface area contributed by atoms with Gasteiger partial charge < -0.3 is 5.32 Å². The minimum absolute atomic E-state index is 0.407. The van der Waals surface area contributed by atoms with E-state index >= 15 is 0 Å². The van der Waals surface area contributed by atoms with E-state index in [2.05, 4.69) is 5.32 Å². The molecule has 1 aliphatic carbocycles. The molecule has 2 aliphatic rings. The lowest BCUT2D eigenvalue weighted by molar-refractivity contribution is 0.336. The Balaban J connectivity index is 1.67. The lowest BCUT2D eigenvalue weighted by Gasteiger charge is -2.27. The molecule has 0 aromatic carbocycles. The predicted octanol–water partition coefficient (Wildman–Crippen LogP) is 1.73. The van der Waals surface area contributed by atoms with Gasteiger partial charge in [0.1, 0.15) is 9.84 Å². The third kappa shape index (κ3) is 3.74. The summed E-state index contributed by atoms with van der Waals surface area (Å²) in [5.41, 5.74) is 0. The van der Waals surface area contributed by atoms with Crippen LogP contribution in [0.15, 0.2) is 0 Å². The fraction of sp³-hybridized carbons (Fsp3) is 1.00. The van der Waals surface area contributed by atoms with Crippen molar-refractivity contribution in [2.75, 3.05) is 18.1 Å². The second-order valence-electron chi connectivity index (χ2n) is 5.34. The zero-order valence-corrected chi connectivity index (χ0v) is 10.8. The zero-order chi connectivity index (χ0) is 11.4. The molecule has 16 heavy (non-hydrogen) atoms. The molecule has 1 N–H and O–H groups in total. The summed E-state index contributed by atoms with van der Waals surface area (Å²) in [5.74, 6) is 1.40. The van der Waals surface area contributed by atoms with Crippen LogP contribution in [0.5, 0.6) is 0 Å². The van der Waals surface area contributed by atoms with Gasteiger partial charge in [-0.3, -0.25) is 0 Å². The highest BCUT2D eigenvalue weighted by molar-refractivity contribution is 7.91. The minimum Gasteiger partial charge on any atom is -0.314 e. The minimum atomic E-state index is -2.69. The molecule has 0 radical (unpaired) electrons. The van der Waals surface area contributed by atoms with Crippen molar-refractivity contribution in [2.45, 2.75) is 51.0 Å². The molecule has 3 nitrogen and oxygen atoms in total. The van der Waals surface area contributed by atoms with Crippen LogP contribution < -0.4 is 5.32 Å². The highest BCUT2D eigenvalue weighted by Crippen LogP contribution is 2.21. The Hall–Kier alpha value is -0.0900. The third-order valence-electron chi connectivity index (χ3n) is 3.97. The van der Waals surface area contributed by atoms with Crippen molar-refractivity contribution in [3.05, 3.63) is 0 Å². The molecule has 1 saturated heterocycles. The van der Waals surface area contributed by atoms with Gasteiger partial charge >= 0.3 is 0 Å². The Morgan fingerprint density at radius 3 is 2.19 bits per heavy atom. The van der Waals surface area contributed by atoms with Crippen LogP contribution in [0.25, 0.3) is 0 Å². The van der Waals surface area contributed by atoms with E-state index in [1.54, 1.807) is 0 Å². The second kappa shape index (κ2) is 5.50. The van der Waals surface area contributed by atoms with Crippen molar-refractivity contribution in [2.24, 2.45) is 5.92 Å². The molecule has 0 atom stereocenters. The maximum Gasteiger partial charge on any atom is 0.150 e. The molecular formula is C12H23NO2S. The van der Waals surface area contributed by atoms with E-state index in [4.69, 9.17) is 0 Å². The molecular weight excluding hydrogens is 222 g/mol. The standard InChI is InChI=1S/C12H23NO2S/c14-16(15)8-6-11(7-9-16)10-13-12-4-2-1-3-5-12/h11-13H,1-10H2. The van der Waals surface area contributed by atoms with Crippen molar-refractivity contribution in [1.29, 1.82) is 0 Å². The fourth-order valence-electron chi connectivity index (χ4n) is 2.78. The van der Waals surface area contributed by atoms with Crippen molar-refractivity contribution in [3.8, 4) is 0 Å². The van der Waals surface area contributed by atoms with E-state index in [9.17, 15) is 8.42 Å². The van der Waals surface area contributed by atoms with Gasteiger partial charge in [0.2, 0.25) is 0 Å². The average molecular weight is 245 g/mol. The van der Waals surface area contributed by atoms with Gasteiger partial charge in [0.25, 0.3) is 0 Å². The summed E-state index contributed by atoms with van der Waals surface area (Å²) >= 11 is 0. The van der Waals surface area contributed by atoms with E-state index in [1.807, 2.05) is 0 Å². The molecule has 0 amide bonds. The number of hydrogen-bond acceptors (Lipinski definition) is 3. The summed E-state index contributed by atoms with van der Waals surface area (Å²) in [5, 5.41) is 3.62. The lowest BCUT2D eigenvalue weighted by Crippen LogP contribution is -2.37. The van der Waals surface area contributed by atoms with Crippen LogP contribution in [-0.2, 0) is 9.84 Å². The first-order chi connectivity index (χ1) is 7.66. The first-order valence-electron chi connectivity index (χ1n) is 6.59. The van der Waals surface area contributed by atoms with E-state index in [0.29, 0.717) is 23.5 Å². The SMILES string of the molecule is O=S1(=O)CCC(CNC2CCCCC2)CC1. The van der Waals surface area contributed by atoms with Crippen LogP contribution in [0.2, 0.25) is 0 Å². The van der Waals surface area contributed by atoms with Gasteiger partial charge in [0.05, 0.1) is 11.5 Å². The molecule has 2 fully saturated rings. The number of nitrogens with one attached hydrogen (secondary N) is 1. The summed E-state index contributed by atoms with van der Waals surface area (Å²) in [7, 11) is -2.69. The molecule has 0 aromatic heterocycles. The van der Waals surface area contributed by atoms with Crippen molar-refractivity contribution in [1.82, 2.24) is 5.32 Å². The quantitative estimate of drug-likeness (QED) is 0.823. The fourth-order valence-corrected chi connectivity index (χ4v) is 4.37. The summed E-state index contributed by atoms with van der Waals surface area (Å²) in [6, 6.07) is 0.701. The van der Waals surface area contributed by atoms with E-state index in [0.717, 1.165) is 19.4 Å². The van der Waals surface area contributed by atoms with Crippen LogP contribution in [0.4, 0.5) is 0 Å². The molecule has 1 aliphatic heterocycles. The summed E-state index contributed by atoms with van der Waals surface area (Å²) in [6.07, 6.45) is 8.45. The maximum absolute atomic E-state index is 11.3. The topological polar surface area (TPSA) is 46.2 Å². The Labute approximate surface area is 98.9 Å². The van der Waals surface area contributed by atoms with Crippen LogP contribution in [0, 0.1) is 5.92 Å². The summed E-state index contributed by atoms with van der Waals surface area (Å²) in [6.45, 7) is 1.03. The lowest BCUT2D eigenvalue weighted by atomic mass is 9.94. The van der Waals surface area contributed by atoms with Gasteiger partial charge in [-0.15, -0.1) is 0 Å². The molecule has 0 spiro atoms. The molecule has 0 unspecified atom stereocenters. The first kappa shape index (κ1) is 12.4. The van der Waals surface area contributed by atoms with Gasteiger partial charge in [-0.25, -0.2) is 8.42 Å². The average Bonchev–Trinajstić information content (AvgIpc) is 2.29. The highest BCUT2D eigenvalue weighted by Gasteiger charge is 2.24. The zero-order valence-electron chi connectivity index (χ0n) is 9.95. The van der Waals surface area contributed by atoms with Gasteiger partial charge in [0, 0.05) is 6.04 Å². The highest BCUT2D eigenvalue weighted by atomic mass is 32.2. The first-order valence-corrected chi connectivity index (χ1v) is 8.42. The largest absolute Gasteiger partial charge is 0.314 e. The molecule has 4 heteroatoms. The van der Waals surface area contributed by atoms with Crippen LogP contribution in [0.3, 0.4) is 0 Å². The number of rotatable bonds is 3. The molecule has 1 heterocycles. The van der Waals surface area contributed by atoms with Gasteiger partial charge in [-0.2, -0.15) is 0 Å². The number of sulfone groups is 1. The molecule has 2 rings (SSSR count). The van der Waals surface area contributed by atoms with E-state index in [1.165, 1.54) is 32.1 Å². The smallest absolute Gasteiger partial charge is 0.150 e. The summed E-state index contributed by atoms with van der Waals surface area (Å²) < 4.78 is 22.6. The normalized spacial score (nSPS) is 28.0. The Bertz CT molecular complexity index is 293. The van der Waals surface area contributed by atoms with E-state index < -0.39 is 9.84 Å². The van der Waals surface area contributed by atoms with Crippen LogP contribution in [0.1, 0.15) is 44.9 Å². The third-order valence-corrected chi connectivity index (χ3v) is 5.69. The van der Waals surface area contributed by atoms with Crippen LogP contribution >= 0.6 is 0 Å². The molecule has 94 valence electrons. The number of hydrogen-bond donors (Lipinski definition) is 1. The summed E-state index contributed by atoms with van der Waals surface area (Å²) in [4.78, 5) is 0. The van der Waals surface area contributed by atoms with Crippen molar-refractivity contribution < 1.29 is 8.42 Å². The second-order valence-corrected chi connectivity index (χ2v) is 7.64. The maximum atomic E-state index is 11.3. The molecule has 1 saturated carbocycles. The van der Waals surface area contributed by atoms with E-state index in [-0.39, 0.29) is 0 Å². The van der Waals surface area contributed by atoms with Gasteiger partial charge in [-0.1, -0.05) is 19.3 Å². The Morgan fingerprint density at radius 2 is 1.56 bits per heavy atom. The Kier molecular flexibility index (Phi) is 4.25.